The molecule has 0 saturated carbocycles. The van der Waals surface area contributed by atoms with Gasteiger partial charge in [-0.2, -0.15) is 0 Å². The number of esters is 1. The monoisotopic (exact) mass is 300 g/mol. The number of carbonyl (C=O) groups is 1. The zero-order valence-corrected chi connectivity index (χ0v) is 12.5. The Morgan fingerprint density at radius 3 is 2.77 bits per heavy atom. The van der Waals surface area contributed by atoms with Crippen molar-refractivity contribution in [3.05, 3.63) is 71.8 Å². The first kappa shape index (κ1) is 16.2. The molecule has 22 heavy (non-hydrogen) atoms. The second-order valence-electron chi connectivity index (χ2n) is 5.41. The van der Waals surface area contributed by atoms with E-state index in [1.807, 2.05) is 30.3 Å². The zero-order chi connectivity index (χ0) is 16.0. The van der Waals surface area contributed by atoms with Gasteiger partial charge in [0.2, 0.25) is 0 Å². The summed E-state index contributed by atoms with van der Waals surface area (Å²) >= 11 is 0. The lowest BCUT2D eigenvalue weighted by atomic mass is 9.91. The van der Waals surface area contributed by atoms with Gasteiger partial charge < -0.3 is 14.9 Å². The Balaban J connectivity index is 1.79. The van der Waals surface area contributed by atoms with Gasteiger partial charge >= 0.3 is 5.97 Å². The average Bonchev–Trinajstić information content (AvgIpc) is 2.50. The van der Waals surface area contributed by atoms with Crippen LogP contribution in [0.25, 0.3) is 0 Å². The Hall–Kier alpha value is -2.17. The number of hydrogen-bond donors (Lipinski definition) is 2. The number of allylic oxidation sites excluding steroid dienone is 3. The van der Waals surface area contributed by atoms with E-state index in [1.54, 1.807) is 12.2 Å². The minimum Gasteiger partial charge on any atom is -0.462 e. The fourth-order valence-electron chi connectivity index (χ4n) is 2.01. The summed E-state index contributed by atoms with van der Waals surface area (Å²) in [6, 6.07) is 9.79. The summed E-state index contributed by atoms with van der Waals surface area (Å²) in [4.78, 5) is 11.6. The van der Waals surface area contributed by atoms with E-state index in [0.29, 0.717) is 18.6 Å². The van der Waals surface area contributed by atoms with Crippen molar-refractivity contribution in [1.82, 2.24) is 0 Å². The molecule has 1 aromatic carbocycles. The first-order chi connectivity index (χ1) is 10.5. The maximum Gasteiger partial charge on any atom is 0.330 e. The Kier molecular flexibility index (Phi) is 5.31. The van der Waals surface area contributed by atoms with E-state index in [4.69, 9.17) is 4.74 Å². The second kappa shape index (κ2) is 7.20. The van der Waals surface area contributed by atoms with Crippen LogP contribution in [0, 0.1) is 0 Å². The number of benzene rings is 1. The van der Waals surface area contributed by atoms with Crippen LogP contribution < -0.4 is 0 Å². The number of carbonyl (C=O) groups excluding carboxylic acids is 1. The van der Waals surface area contributed by atoms with Crippen LogP contribution in [0.1, 0.15) is 12.5 Å². The summed E-state index contributed by atoms with van der Waals surface area (Å²) in [6.07, 6.45) is 7.19. The van der Waals surface area contributed by atoms with Crippen molar-refractivity contribution in [2.24, 2.45) is 0 Å². The highest BCUT2D eigenvalue weighted by Gasteiger charge is 2.27. The molecule has 2 N–H and O–H groups in total. The van der Waals surface area contributed by atoms with E-state index in [2.05, 4.69) is 0 Å². The molecule has 1 aliphatic rings. The molecule has 1 aliphatic carbocycles. The molecule has 1 aromatic rings. The number of ether oxygens (including phenoxy) is 1. The zero-order valence-electron chi connectivity index (χ0n) is 12.5. The maximum absolute atomic E-state index is 11.6. The molecule has 0 radical (unpaired) electrons. The van der Waals surface area contributed by atoms with Crippen LogP contribution in [0.5, 0.6) is 0 Å². The Labute approximate surface area is 130 Å². The van der Waals surface area contributed by atoms with E-state index in [9.17, 15) is 15.0 Å². The highest BCUT2D eigenvalue weighted by atomic mass is 16.5. The average molecular weight is 300 g/mol. The van der Waals surface area contributed by atoms with Gasteiger partial charge in [0.1, 0.15) is 11.7 Å². The third-order valence-electron chi connectivity index (χ3n) is 3.45. The molecule has 4 heteroatoms. The van der Waals surface area contributed by atoms with Gasteiger partial charge in [0.25, 0.3) is 0 Å². The summed E-state index contributed by atoms with van der Waals surface area (Å²) in [5, 5.41) is 19.5. The van der Waals surface area contributed by atoms with E-state index in [0.717, 1.165) is 5.56 Å². The molecule has 0 bridgehead atoms. The van der Waals surface area contributed by atoms with Crippen molar-refractivity contribution >= 4 is 5.97 Å². The third-order valence-corrected chi connectivity index (χ3v) is 3.45. The van der Waals surface area contributed by atoms with Crippen LogP contribution in [0.2, 0.25) is 0 Å². The molecule has 0 aromatic heterocycles. The molecule has 0 spiro atoms. The molecule has 0 aliphatic heterocycles. The molecule has 0 amide bonds. The van der Waals surface area contributed by atoms with Gasteiger partial charge in [-0.05, 0) is 36.3 Å². The van der Waals surface area contributed by atoms with Gasteiger partial charge in [-0.1, -0.05) is 36.4 Å². The standard InChI is InChI=1S/C18H20O4/c1-18(21)11-9-15(13-16(18)19)7-8-17(20)22-12-10-14-5-3-2-4-6-14/h2-9,11,13,16,19,21H,10,12H2,1H3. The fourth-order valence-corrected chi connectivity index (χ4v) is 2.01. The summed E-state index contributed by atoms with van der Waals surface area (Å²) in [5.41, 5.74) is 0.495. The largest absolute Gasteiger partial charge is 0.462 e. The summed E-state index contributed by atoms with van der Waals surface area (Å²) < 4.78 is 5.12. The molecule has 0 heterocycles. The highest BCUT2D eigenvalue weighted by Crippen LogP contribution is 2.21. The maximum atomic E-state index is 11.6. The van der Waals surface area contributed by atoms with Gasteiger partial charge in [0, 0.05) is 12.5 Å². The van der Waals surface area contributed by atoms with E-state index in [-0.39, 0.29) is 0 Å². The van der Waals surface area contributed by atoms with Crippen LogP contribution >= 0.6 is 0 Å². The summed E-state index contributed by atoms with van der Waals surface area (Å²) in [7, 11) is 0. The lowest BCUT2D eigenvalue weighted by Crippen LogP contribution is -2.37. The molecule has 4 nitrogen and oxygen atoms in total. The molecule has 2 unspecified atom stereocenters. The smallest absolute Gasteiger partial charge is 0.330 e. The van der Waals surface area contributed by atoms with Crippen molar-refractivity contribution in [2.75, 3.05) is 6.61 Å². The minimum atomic E-state index is -1.27. The number of aliphatic hydroxyl groups excluding tert-OH is 1. The third kappa shape index (κ3) is 4.69. The molecule has 2 atom stereocenters. The van der Waals surface area contributed by atoms with Gasteiger partial charge in [0.05, 0.1) is 6.61 Å². The van der Waals surface area contributed by atoms with E-state index < -0.39 is 17.7 Å². The number of hydrogen-bond acceptors (Lipinski definition) is 4. The minimum absolute atomic E-state index is 0.319. The topological polar surface area (TPSA) is 66.8 Å². The molecule has 116 valence electrons. The van der Waals surface area contributed by atoms with Crippen LogP contribution in [-0.2, 0) is 16.0 Å². The SMILES string of the molecule is CC1(O)C=CC(C=CC(=O)OCCc2ccccc2)=CC1O. The summed E-state index contributed by atoms with van der Waals surface area (Å²) in [6.45, 7) is 1.84. The van der Waals surface area contributed by atoms with Crippen molar-refractivity contribution in [2.45, 2.75) is 25.0 Å². The highest BCUT2D eigenvalue weighted by molar-refractivity contribution is 5.82. The fraction of sp³-hybridized carbons (Fsp3) is 0.278. The first-order valence-corrected chi connectivity index (χ1v) is 7.18. The molecule has 0 fully saturated rings. The Morgan fingerprint density at radius 1 is 1.36 bits per heavy atom. The van der Waals surface area contributed by atoms with Gasteiger partial charge in [-0.15, -0.1) is 0 Å². The lowest BCUT2D eigenvalue weighted by Gasteiger charge is -2.26. The second-order valence-corrected chi connectivity index (χ2v) is 5.41. The van der Waals surface area contributed by atoms with Crippen molar-refractivity contribution < 1.29 is 19.7 Å². The van der Waals surface area contributed by atoms with Gasteiger partial charge in [-0.3, -0.25) is 0 Å². The van der Waals surface area contributed by atoms with Crippen LogP contribution in [0.4, 0.5) is 0 Å². The molecular weight excluding hydrogens is 280 g/mol. The summed E-state index contributed by atoms with van der Waals surface area (Å²) in [5.74, 6) is -0.433. The van der Waals surface area contributed by atoms with Crippen molar-refractivity contribution in [3.8, 4) is 0 Å². The molecule has 0 saturated heterocycles. The number of rotatable bonds is 5. The first-order valence-electron chi connectivity index (χ1n) is 7.18. The van der Waals surface area contributed by atoms with E-state index >= 15 is 0 Å². The van der Waals surface area contributed by atoms with Crippen LogP contribution in [-0.4, -0.2) is 34.5 Å². The van der Waals surface area contributed by atoms with Crippen LogP contribution in [0.15, 0.2) is 66.3 Å². The normalized spacial score (nSPS) is 24.3. The Morgan fingerprint density at radius 2 is 2.09 bits per heavy atom. The Bertz CT molecular complexity index is 597. The lowest BCUT2D eigenvalue weighted by molar-refractivity contribution is -0.137. The quantitative estimate of drug-likeness (QED) is 0.644. The van der Waals surface area contributed by atoms with Gasteiger partial charge in [-0.25, -0.2) is 4.79 Å². The van der Waals surface area contributed by atoms with Gasteiger partial charge in [0.15, 0.2) is 0 Å². The van der Waals surface area contributed by atoms with Crippen molar-refractivity contribution in [3.63, 3.8) is 0 Å². The predicted octanol–water partition coefficient (Wildman–Crippen LogP) is 1.94. The van der Waals surface area contributed by atoms with Crippen LogP contribution in [0.3, 0.4) is 0 Å². The van der Waals surface area contributed by atoms with E-state index in [1.165, 1.54) is 25.2 Å². The van der Waals surface area contributed by atoms with Crippen molar-refractivity contribution in [1.29, 1.82) is 0 Å². The molecule has 2 rings (SSSR count). The number of aliphatic hydroxyl groups is 2. The molecular formula is C18H20O4. The predicted molar refractivity (Wildman–Crippen MR) is 84.1 cm³/mol.